The summed E-state index contributed by atoms with van der Waals surface area (Å²) >= 11 is 1.55. The second-order valence-corrected chi connectivity index (χ2v) is 5.77. The summed E-state index contributed by atoms with van der Waals surface area (Å²) in [6.07, 6.45) is 9.47. The molecule has 1 amide bonds. The number of thioether (sulfide) groups is 1. The molecule has 1 aliphatic rings. The van der Waals surface area contributed by atoms with Gasteiger partial charge in [-0.25, -0.2) is 4.98 Å². The van der Waals surface area contributed by atoms with Crippen LogP contribution in [0.3, 0.4) is 0 Å². The highest BCUT2D eigenvalue weighted by atomic mass is 32.2. The molecule has 2 rings (SSSR count). The Morgan fingerprint density at radius 3 is 3.00 bits per heavy atom. The van der Waals surface area contributed by atoms with Crippen molar-refractivity contribution >= 4 is 17.7 Å². The Hall–Kier alpha value is -1.29. The first-order valence-corrected chi connectivity index (χ1v) is 7.79. The van der Waals surface area contributed by atoms with Gasteiger partial charge in [0.1, 0.15) is 5.03 Å². The third-order valence-corrected chi connectivity index (χ3v) is 4.30. The summed E-state index contributed by atoms with van der Waals surface area (Å²) in [5, 5.41) is 3.92. The normalized spacial score (nSPS) is 16.0. The summed E-state index contributed by atoms with van der Waals surface area (Å²) in [5.74, 6) is 0.771. The Kier molecular flexibility index (Phi) is 5.45. The number of hydrogen-bond acceptors (Lipinski definition) is 3. The lowest BCUT2D eigenvalue weighted by Gasteiger charge is -2.23. The van der Waals surface area contributed by atoms with E-state index in [0.717, 1.165) is 23.6 Å². The Morgan fingerprint density at radius 1 is 1.47 bits per heavy atom. The highest BCUT2D eigenvalue weighted by Crippen LogP contribution is 2.22. The molecule has 0 radical (unpaired) electrons. The van der Waals surface area contributed by atoms with Crippen molar-refractivity contribution in [2.24, 2.45) is 0 Å². The van der Waals surface area contributed by atoms with Crippen molar-refractivity contribution in [3.05, 3.63) is 36.5 Å². The second kappa shape index (κ2) is 7.34. The molecule has 3 nitrogen and oxygen atoms in total. The molecular weight excluding hydrogens is 256 g/mol. The summed E-state index contributed by atoms with van der Waals surface area (Å²) < 4.78 is 0. The molecule has 19 heavy (non-hydrogen) atoms. The molecule has 0 aromatic carbocycles. The van der Waals surface area contributed by atoms with E-state index in [9.17, 15) is 4.79 Å². The lowest BCUT2D eigenvalue weighted by atomic mass is 9.95. The summed E-state index contributed by atoms with van der Waals surface area (Å²) in [6.45, 7) is 3.69. The van der Waals surface area contributed by atoms with Gasteiger partial charge in [0.25, 0.3) is 5.91 Å². The van der Waals surface area contributed by atoms with Crippen LogP contribution in [-0.2, 0) is 0 Å². The van der Waals surface area contributed by atoms with Crippen molar-refractivity contribution in [2.45, 2.75) is 43.2 Å². The van der Waals surface area contributed by atoms with Gasteiger partial charge in [0.15, 0.2) is 0 Å². The summed E-state index contributed by atoms with van der Waals surface area (Å²) in [4.78, 5) is 16.6. The van der Waals surface area contributed by atoms with Crippen LogP contribution >= 0.6 is 11.8 Å². The topological polar surface area (TPSA) is 42.0 Å². The van der Waals surface area contributed by atoms with E-state index < -0.39 is 0 Å². The highest BCUT2D eigenvalue weighted by molar-refractivity contribution is 7.99. The van der Waals surface area contributed by atoms with Crippen LogP contribution in [-0.4, -0.2) is 22.7 Å². The maximum Gasteiger partial charge on any atom is 0.254 e. The van der Waals surface area contributed by atoms with Gasteiger partial charge in [-0.2, -0.15) is 0 Å². The Morgan fingerprint density at radius 2 is 2.26 bits per heavy atom. The van der Waals surface area contributed by atoms with Crippen LogP contribution in [0.1, 0.15) is 42.5 Å². The van der Waals surface area contributed by atoms with Crippen LogP contribution < -0.4 is 5.32 Å². The smallest absolute Gasteiger partial charge is 0.254 e. The lowest BCUT2D eigenvalue weighted by Crippen LogP contribution is -2.36. The van der Waals surface area contributed by atoms with Crippen LogP contribution in [0.15, 0.2) is 36.0 Å². The van der Waals surface area contributed by atoms with E-state index in [1.165, 1.54) is 19.3 Å². The molecular formula is C15H20N2OS. The minimum absolute atomic E-state index is 0.00608. The maximum absolute atomic E-state index is 12.3. The molecule has 1 saturated carbocycles. The SMILES string of the molecule is C=CCSc1ncccc1C(=O)NC1CCCCC1. The minimum atomic E-state index is 0.00608. The molecule has 0 atom stereocenters. The molecule has 1 heterocycles. The van der Waals surface area contributed by atoms with E-state index in [-0.39, 0.29) is 5.91 Å². The van der Waals surface area contributed by atoms with Gasteiger partial charge >= 0.3 is 0 Å². The van der Waals surface area contributed by atoms with Crippen LogP contribution in [0, 0.1) is 0 Å². The van der Waals surface area contributed by atoms with Gasteiger partial charge in [0, 0.05) is 18.0 Å². The molecule has 0 aliphatic heterocycles. The van der Waals surface area contributed by atoms with Gasteiger partial charge in [0.2, 0.25) is 0 Å². The molecule has 1 aromatic rings. The van der Waals surface area contributed by atoms with Crippen LogP contribution in [0.2, 0.25) is 0 Å². The number of aromatic nitrogens is 1. The predicted molar refractivity (Wildman–Crippen MR) is 79.5 cm³/mol. The average Bonchev–Trinajstić information content (AvgIpc) is 2.46. The molecule has 1 aliphatic carbocycles. The summed E-state index contributed by atoms with van der Waals surface area (Å²) in [5.41, 5.74) is 0.680. The molecule has 0 unspecified atom stereocenters. The molecule has 0 bridgehead atoms. The van der Waals surface area contributed by atoms with Gasteiger partial charge in [0.05, 0.1) is 5.56 Å². The number of hydrogen-bond donors (Lipinski definition) is 1. The van der Waals surface area contributed by atoms with Crippen LogP contribution in [0.4, 0.5) is 0 Å². The van der Waals surface area contributed by atoms with Gasteiger partial charge in [-0.05, 0) is 25.0 Å². The van der Waals surface area contributed by atoms with Crippen molar-refractivity contribution in [3.8, 4) is 0 Å². The number of pyridine rings is 1. The largest absolute Gasteiger partial charge is 0.349 e. The third-order valence-electron chi connectivity index (χ3n) is 3.29. The van der Waals surface area contributed by atoms with Gasteiger partial charge in [-0.1, -0.05) is 25.3 Å². The Labute approximate surface area is 118 Å². The third kappa shape index (κ3) is 4.10. The molecule has 1 N–H and O–H groups in total. The van der Waals surface area contributed by atoms with E-state index >= 15 is 0 Å². The fraction of sp³-hybridized carbons (Fsp3) is 0.467. The zero-order chi connectivity index (χ0) is 13.5. The average molecular weight is 276 g/mol. The van der Waals surface area contributed by atoms with Crippen molar-refractivity contribution in [2.75, 3.05) is 5.75 Å². The van der Waals surface area contributed by atoms with E-state index in [1.807, 2.05) is 18.2 Å². The molecule has 0 spiro atoms. The van der Waals surface area contributed by atoms with E-state index in [1.54, 1.807) is 18.0 Å². The Bertz CT molecular complexity index is 442. The fourth-order valence-electron chi connectivity index (χ4n) is 2.33. The number of nitrogens with zero attached hydrogens (tertiary/aromatic N) is 1. The van der Waals surface area contributed by atoms with Crippen molar-refractivity contribution in [3.63, 3.8) is 0 Å². The van der Waals surface area contributed by atoms with Crippen molar-refractivity contribution < 1.29 is 4.79 Å². The number of nitrogens with one attached hydrogen (secondary N) is 1. The minimum Gasteiger partial charge on any atom is -0.349 e. The van der Waals surface area contributed by atoms with Gasteiger partial charge in [-0.3, -0.25) is 4.79 Å². The second-order valence-electron chi connectivity index (χ2n) is 4.76. The summed E-state index contributed by atoms with van der Waals surface area (Å²) in [6, 6.07) is 3.99. The molecule has 0 saturated heterocycles. The first kappa shape index (κ1) is 14.1. The lowest BCUT2D eigenvalue weighted by molar-refractivity contribution is 0.0924. The number of carbonyl (C=O) groups is 1. The number of rotatable bonds is 5. The first-order chi connectivity index (χ1) is 9.31. The highest BCUT2D eigenvalue weighted by Gasteiger charge is 2.18. The van der Waals surface area contributed by atoms with E-state index in [4.69, 9.17) is 0 Å². The monoisotopic (exact) mass is 276 g/mol. The fourth-order valence-corrected chi connectivity index (χ4v) is 3.05. The van der Waals surface area contributed by atoms with Crippen molar-refractivity contribution in [1.29, 1.82) is 0 Å². The summed E-state index contributed by atoms with van der Waals surface area (Å²) in [7, 11) is 0. The molecule has 1 fully saturated rings. The van der Waals surface area contributed by atoms with Gasteiger partial charge in [-0.15, -0.1) is 18.3 Å². The van der Waals surface area contributed by atoms with Crippen LogP contribution in [0.5, 0.6) is 0 Å². The Balaban J connectivity index is 2.02. The van der Waals surface area contributed by atoms with Crippen molar-refractivity contribution in [1.82, 2.24) is 10.3 Å². The van der Waals surface area contributed by atoms with E-state index in [2.05, 4.69) is 16.9 Å². The predicted octanol–water partition coefficient (Wildman–Crippen LogP) is 3.42. The van der Waals surface area contributed by atoms with Gasteiger partial charge < -0.3 is 5.32 Å². The molecule has 1 aromatic heterocycles. The van der Waals surface area contributed by atoms with E-state index in [0.29, 0.717) is 11.6 Å². The zero-order valence-corrected chi connectivity index (χ0v) is 11.9. The molecule has 102 valence electrons. The standard InChI is InChI=1S/C15H20N2OS/c1-2-11-19-15-13(9-6-10-16-15)14(18)17-12-7-4-3-5-8-12/h2,6,9-10,12H,1,3-5,7-8,11H2,(H,17,18). The number of carbonyl (C=O) groups excluding carboxylic acids is 1. The maximum atomic E-state index is 12.3. The zero-order valence-electron chi connectivity index (χ0n) is 11.1. The quantitative estimate of drug-likeness (QED) is 0.662. The van der Waals surface area contributed by atoms with Crippen LogP contribution in [0.25, 0.3) is 0 Å². The first-order valence-electron chi connectivity index (χ1n) is 6.81. The molecule has 4 heteroatoms. The number of amides is 1.